The molecule has 1 atom stereocenters. The third-order valence-corrected chi connectivity index (χ3v) is 3.93. The van der Waals surface area contributed by atoms with Crippen LogP contribution < -0.4 is 10.5 Å². The zero-order valence-corrected chi connectivity index (χ0v) is 12.5. The Bertz CT molecular complexity index is 453. The fourth-order valence-corrected chi connectivity index (χ4v) is 2.50. The maximum absolute atomic E-state index is 11.0. The molecule has 2 rings (SSSR count). The molecule has 0 saturated carbocycles. The van der Waals surface area contributed by atoms with E-state index in [-0.39, 0.29) is 6.61 Å². The number of hydrogen-bond acceptors (Lipinski definition) is 4. The summed E-state index contributed by atoms with van der Waals surface area (Å²) in [5, 5.41) is 10.0. The van der Waals surface area contributed by atoms with Gasteiger partial charge < -0.3 is 20.5 Å². The number of aliphatic hydroxyl groups excluding tert-OH is 1. The highest BCUT2D eigenvalue weighted by Gasteiger charge is 2.18. The molecule has 116 valence electrons. The van der Waals surface area contributed by atoms with Gasteiger partial charge in [-0.3, -0.25) is 4.79 Å². The van der Waals surface area contributed by atoms with Gasteiger partial charge in [0.15, 0.2) is 0 Å². The van der Waals surface area contributed by atoms with Crippen LogP contribution in [-0.2, 0) is 0 Å². The molecule has 0 bridgehead atoms. The highest BCUT2D eigenvalue weighted by atomic mass is 16.5. The van der Waals surface area contributed by atoms with Gasteiger partial charge >= 0.3 is 0 Å². The van der Waals surface area contributed by atoms with Gasteiger partial charge in [0, 0.05) is 12.1 Å². The van der Waals surface area contributed by atoms with Crippen molar-refractivity contribution in [3.05, 3.63) is 29.8 Å². The molecule has 5 nitrogen and oxygen atoms in total. The molecule has 0 aromatic heterocycles. The van der Waals surface area contributed by atoms with Crippen LogP contribution in [0.4, 0.5) is 0 Å². The second-order valence-corrected chi connectivity index (χ2v) is 5.84. The summed E-state index contributed by atoms with van der Waals surface area (Å²) in [4.78, 5) is 13.2. The SMILES string of the molecule is CC1CCN(CC(O)COc2ccc(C(N)=O)cc2)CC1. The fraction of sp³-hybridized carbons (Fsp3) is 0.562. The number of carbonyl (C=O) groups is 1. The van der Waals surface area contributed by atoms with Crippen LogP contribution in [0.1, 0.15) is 30.1 Å². The van der Waals surface area contributed by atoms with Gasteiger partial charge in [-0.05, 0) is 56.1 Å². The molecule has 5 heteroatoms. The van der Waals surface area contributed by atoms with Crippen molar-refractivity contribution in [3.8, 4) is 5.75 Å². The van der Waals surface area contributed by atoms with Crippen LogP contribution in [0.25, 0.3) is 0 Å². The molecule has 1 saturated heterocycles. The molecular weight excluding hydrogens is 268 g/mol. The highest BCUT2D eigenvalue weighted by molar-refractivity contribution is 5.92. The molecular formula is C16H24N2O3. The van der Waals surface area contributed by atoms with Crippen molar-refractivity contribution in [1.29, 1.82) is 0 Å². The number of rotatable bonds is 6. The van der Waals surface area contributed by atoms with Crippen LogP contribution in [0.15, 0.2) is 24.3 Å². The lowest BCUT2D eigenvalue weighted by Crippen LogP contribution is -2.40. The van der Waals surface area contributed by atoms with E-state index in [9.17, 15) is 9.90 Å². The number of ether oxygens (including phenoxy) is 1. The normalized spacial score (nSPS) is 18.4. The van der Waals surface area contributed by atoms with E-state index in [1.54, 1.807) is 24.3 Å². The van der Waals surface area contributed by atoms with Gasteiger partial charge in [-0.1, -0.05) is 6.92 Å². The summed E-state index contributed by atoms with van der Waals surface area (Å²) in [6.07, 6.45) is 1.89. The smallest absolute Gasteiger partial charge is 0.248 e. The number of nitrogens with zero attached hydrogens (tertiary/aromatic N) is 1. The molecule has 1 aliphatic rings. The Balaban J connectivity index is 1.73. The monoisotopic (exact) mass is 292 g/mol. The number of carbonyl (C=O) groups excluding carboxylic acids is 1. The Morgan fingerprint density at radius 1 is 1.38 bits per heavy atom. The maximum atomic E-state index is 11.0. The predicted molar refractivity (Wildman–Crippen MR) is 81.3 cm³/mol. The van der Waals surface area contributed by atoms with Crippen LogP contribution in [0.3, 0.4) is 0 Å². The van der Waals surface area contributed by atoms with Crippen LogP contribution in [0.5, 0.6) is 5.75 Å². The van der Waals surface area contributed by atoms with Crippen LogP contribution in [0, 0.1) is 5.92 Å². The molecule has 0 aliphatic carbocycles. The zero-order chi connectivity index (χ0) is 15.2. The Morgan fingerprint density at radius 3 is 2.57 bits per heavy atom. The van der Waals surface area contributed by atoms with E-state index < -0.39 is 12.0 Å². The largest absolute Gasteiger partial charge is 0.491 e. The van der Waals surface area contributed by atoms with Crippen molar-refractivity contribution in [2.24, 2.45) is 11.7 Å². The number of benzene rings is 1. The molecule has 3 N–H and O–H groups in total. The maximum Gasteiger partial charge on any atom is 0.248 e. The first kappa shape index (κ1) is 15.8. The Morgan fingerprint density at radius 2 is 2.00 bits per heavy atom. The van der Waals surface area contributed by atoms with E-state index in [4.69, 9.17) is 10.5 Å². The van der Waals surface area contributed by atoms with Gasteiger partial charge in [-0.15, -0.1) is 0 Å². The van der Waals surface area contributed by atoms with Crippen molar-refractivity contribution in [2.75, 3.05) is 26.2 Å². The Hall–Kier alpha value is -1.59. The minimum atomic E-state index is -0.505. The van der Waals surface area contributed by atoms with Crippen molar-refractivity contribution in [2.45, 2.75) is 25.9 Å². The summed E-state index contributed by atoms with van der Waals surface area (Å²) in [5.74, 6) is 0.964. The first-order valence-corrected chi connectivity index (χ1v) is 7.47. The number of aliphatic hydroxyl groups is 1. The average Bonchev–Trinajstić information content (AvgIpc) is 2.48. The van der Waals surface area contributed by atoms with E-state index in [0.717, 1.165) is 19.0 Å². The number of amides is 1. The predicted octanol–water partition coefficient (Wildman–Crippen LogP) is 1.26. The van der Waals surface area contributed by atoms with E-state index in [0.29, 0.717) is 17.9 Å². The summed E-state index contributed by atoms with van der Waals surface area (Å²) in [6.45, 7) is 5.26. The van der Waals surface area contributed by atoms with E-state index in [1.165, 1.54) is 12.8 Å². The summed E-state index contributed by atoms with van der Waals surface area (Å²) in [5.41, 5.74) is 5.62. The van der Waals surface area contributed by atoms with E-state index >= 15 is 0 Å². The zero-order valence-electron chi connectivity index (χ0n) is 12.5. The standard InChI is InChI=1S/C16H24N2O3/c1-12-6-8-18(9-7-12)10-14(19)11-21-15-4-2-13(3-5-15)16(17)20/h2-5,12,14,19H,6-11H2,1H3,(H2,17,20). The number of piperidine rings is 1. The number of primary amides is 1. The van der Waals surface area contributed by atoms with Crippen molar-refractivity contribution in [1.82, 2.24) is 4.90 Å². The third kappa shape index (κ3) is 5.02. The number of β-amino-alcohol motifs (C(OH)–C–C–N with tert-alkyl or cyclic N) is 1. The highest BCUT2D eigenvalue weighted by Crippen LogP contribution is 2.16. The molecule has 21 heavy (non-hydrogen) atoms. The van der Waals surface area contributed by atoms with Gasteiger partial charge in [-0.2, -0.15) is 0 Å². The minimum Gasteiger partial charge on any atom is -0.491 e. The second-order valence-electron chi connectivity index (χ2n) is 5.84. The molecule has 1 fully saturated rings. The lowest BCUT2D eigenvalue weighted by Gasteiger charge is -2.31. The molecule has 1 aromatic rings. The molecule has 1 heterocycles. The molecule has 1 aliphatic heterocycles. The topological polar surface area (TPSA) is 75.8 Å². The third-order valence-electron chi connectivity index (χ3n) is 3.93. The summed E-state index contributed by atoms with van der Waals surface area (Å²) < 4.78 is 5.54. The molecule has 1 aromatic carbocycles. The van der Waals surface area contributed by atoms with Crippen LogP contribution >= 0.6 is 0 Å². The first-order valence-electron chi connectivity index (χ1n) is 7.47. The summed E-state index contributed by atoms with van der Waals surface area (Å²) >= 11 is 0. The van der Waals surface area contributed by atoms with E-state index in [2.05, 4.69) is 11.8 Å². The van der Waals surface area contributed by atoms with Gasteiger partial charge in [-0.25, -0.2) is 0 Å². The summed E-state index contributed by atoms with van der Waals surface area (Å²) in [7, 11) is 0. The fourth-order valence-electron chi connectivity index (χ4n) is 2.50. The molecule has 1 unspecified atom stereocenters. The van der Waals surface area contributed by atoms with E-state index in [1.807, 2.05) is 0 Å². The van der Waals surface area contributed by atoms with Gasteiger partial charge in [0.2, 0.25) is 5.91 Å². The molecule has 0 radical (unpaired) electrons. The quantitative estimate of drug-likeness (QED) is 0.827. The van der Waals surface area contributed by atoms with Crippen LogP contribution in [-0.4, -0.2) is 48.3 Å². The van der Waals surface area contributed by atoms with Gasteiger partial charge in [0.25, 0.3) is 0 Å². The second kappa shape index (κ2) is 7.43. The van der Waals surface area contributed by atoms with Gasteiger partial charge in [0.05, 0.1) is 0 Å². The Labute approximate surface area is 125 Å². The lowest BCUT2D eigenvalue weighted by molar-refractivity contribution is 0.0563. The number of hydrogen-bond donors (Lipinski definition) is 2. The molecule has 1 amide bonds. The van der Waals surface area contributed by atoms with Crippen molar-refractivity contribution >= 4 is 5.91 Å². The number of likely N-dealkylation sites (tertiary alicyclic amines) is 1. The van der Waals surface area contributed by atoms with Crippen LogP contribution in [0.2, 0.25) is 0 Å². The molecule has 0 spiro atoms. The summed E-state index contributed by atoms with van der Waals surface area (Å²) in [6, 6.07) is 6.62. The van der Waals surface area contributed by atoms with Crippen molar-refractivity contribution in [3.63, 3.8) is 0 Å². The average molecular weight is 292 g/mol. The van der Waals surface area contributed by atoms with Gasteiger partial charge in [0.1, 0.15) is 18.5 Å². The van der Waals surface area contributed by atoms with Crippen molar-refractivity contribution < 1.29 is 14.6 Å². The number of nitrogens with two attached hydrogens (primary N) is 1. The Kier molecular flexibility index (Phi) is 5.59. The first-order chi connectivity index (χ1) is 10.0. The minimum absolute atomic E-state index is 0.252. The lowest BCUT2D eigenvalue weighted by atomic mass is 9.99.